The molecule has 8 heteroatoms. The summed E-state index contributed by atoms with van der Waals surface area (Å²) in [7, 11) is 0. The zero-order valence-electron chi connectivity index (χ0n) is 15.6. The molecule has 2 amide bonds. The Morgan fingerprint density at radius 2 is 1.89 bits per heavy atom. The number of primary amides is 1. The molecule has 0 aliphatic rings. The molecule has 0 aromatic heterocycles. The maximum Gasteiger partial charge on any atom is 0.347 e. The van der Waals surface area contributed by atoms with Gasteiger partial charge in [-0.3, -0.25) is 9.59 Å². The van der Waals surface area contributed by atoms with Crippen molar-refractivity contribution >= 4 is 35.2 Å². The minimum Gasteiger partial charge on any atom is -0.479 e. The van der Waals surface area contributed by atoms with E-state index in [1.165, 1.54) is 11.8 Å². The van der Waals surface area contributed by atoms with Crippen LogP contribution in [0.2, 0.25) is 0 Å². The van der Waals surface area contributed by atoms with E-state index in [4.69, 9.17) is 15.2 Å². The molecule has 28 heavy (non-hydrogen) atoms. The van der Waals surface area contributed by atoms with E-state index in [9.17, 15) is 14.4 Å². The summed E-state index contributed by atoms with van der Waals surface area (Å²) in [6.07, 6.45) is -0.854. The Hall–Kier alpha value is -3.00. The van der Waals surface area contributed by atoms with Crippen molar-refractivity contribution < 1.29 is 23.9 Å². The van der Waals surface area contributed by atoms with Crippen LogP contribution in [-0.2, 0) is 19.1 Å². The molecule has 0 bridgehead atoms. The highest BCUT2D eigenvalue weighted by Gasteiger charge is 2.18. The number of ether oxygens (including phenoxy) is 2. The van der Waals surface area contributed by atoms with Gasteiger partial charge in [-0.05, 0) is 43.7 Å². The summed E-state index contributed by atoms with van der Waals surface area (Å²) in [5.41, 5.74) is 6.67. The van der Waals surface area contributed by atoms with E-state index in [0.717, 1.165) is 5.56 Å². The minimum atomic E-state index is -0.854. The van der Waals surface area contributed by atoms with Crippen LogP contribution in [0.15, 0.2) is 53.4 Å². The number of para-hydroxylation sites is 1. The van der Waals surface area contributed by atoms with E-state index in [0.29, 0.717) is 16.3 Å². The van der Waals surface area contributed by atoms with E-state index < -0.39 is 30.5 Å². The predicted octanol–water partition coefficient (Wildman–Crippen LogP) is 2.52. The van der Waals surface area contributed by atoms with Crippen molar-refractivity contribution in [3.63, 3.8) is 0 Å². The highest BCUT2D eigenvalue weighted by atomic mass is 32.2. The quantitative estimate of drug-likeness (QED) is 0.493. The van der Waals surface area contributed by atoms with Crippen LogP contribution in [0.1, 0.15) is 12.5 Å². The Bertz CT molecular complexity index is 856. The molecule has 0 unspecified atom stereocenters. The summed E-state index contributed by atoms with van der Waals surface area (Å²) in [4.78, 5) is 35.8. The first-order valence-electron chi connectivity index (χ1n) is 8.55. The number of carbonyl (C=O) groups excluding carboxylic acids is 3. The summed E-state index contributed by atoms with van der Waals surface area (Å²) in [5.74, 6) is -0.955. The summed E-state index contributed by atoms with van der Waals surface area (Å²) in [6.45, 7) is 3.02. The first-order valence-corrected chi connectivity index (χ1v) is 9.53. The number of amides is 2. The molecule has 2 aromatic rings. The van der Waals surface area contributed by atoms with Gasteiger partial charge in [-0.15, -0.1) is 11.8 Å². The standard InChI is InChI=1S/C20H22N2O5S/c1-13-6-5-7-15(10-13)27-14(2)20(25)26-11-19(24)22-16-8-3-4-9-17(16)28-12-18(21)23/h3-10,14H,11-12H2,1-2H3,(H2,21,23)(H,22,24)/t14-/m1/s1. The molecule has 0 fully saturated rings. The second-order valence-corrected chi connectivity index (χ2v) is 7.00. The van der Waals surface area contributed by atoms with E-state index in [2.05, 4.69) is 5.32 Å². The molecule has 1 atom stereocenters. The van der Waals surface area contributed by atoms with Crippen molar-refractivity contribution in [2.45, 2.75) is 24.8 Å². The Labute approximate surface area is 167 Å². The zero-order chi connectivity index (χ0) is 20.5. The third-order valence-corrected chi connectivity index (χ3v) is 4.61. The number of esters is 1. The van der Waals surface area contributed by atoms with Gasteiger partial charge in [0.25, 0.3) is 5.91 Å². The number of benzene rings is 2. The summed E-state index contributed by atoms with van der Waals surface area (Å²) < 4.78 is 10.5. The largest absolute Gasteiger partial charge is 0.479 e. The van der Waals surface area contributed by atoms with Crippen LogP contribution in [0.5, 0.6) is 5.75 Å². The van der Waals surface area contributed by atoms with E-state index in [-0.39, 0.29) is 5.75 Å². The number of hydrogen-bond acceptors (Lipinski definition) is 6. The van der Waals surface area contributed by atoms with Crippen LogP contribution < -0.4 is 15.8 Å². The Morgan fingerprint density at radius 3 is 2.61 bits per heavy atom. The van der Waals surface area contributed by atoms with Gasteiger partial charge in [-0.2, -0.15) is 0 Å². The summed E-state index contributed by atoms with van der Waals surface area (Å²) >= 11 is 1.21. The average molecular weight is 402 g/mol. The molecular formula is C20H22N2O5S. The fraction of sp³-hybridized carbons (Fsp3) is 0.250. The predicted molar refractivity (Wildman–Crippen MR) is 107 cm³/mol. The smallest absolute Gasteiger partial charge is 0.347 e. The molecule has 0 radical (unpaired) electrons. The number of hydrogen-bond donors (Lipinski definition) is 2. The van der Waals surface area contributed by atoms with Crippen LogP contribution in [-0.4, -0.2) is 36.2 Å². The second kappa shape index (κ2) is 10.4. The Kier molecular flexibility index (Phi) is 7.88. The van der Waals surface area contributed by atoms with Crippen LogP contribution in [0.25, 0.3) is 0 Å². The molecule has 0 spiro atoms. The van der Waals surface area contributed by atoms with Crippen LogP contribution in [0.3, 0.4) is 0 Å². The number of rotatable bonds is 9. The summed E-state index contributed by atoms with van der Waals surface area (Å²) in [6, 6.07) is 14.3. The normalized spacial score (nSPS) is 11.4. The van der Waals surface area contributed by atoms with Gasteiger partial charge in [0.15, 0.2) is 12.7 Å². The SMILES string of the molecule is Cc1cccc(O[C@H](C)C(=O)OCC(=O)Nc2ccccc2SCC(N)=O)c1. The third kappa shape index (κ3) is 6.96. The molecule has 3 N–H and O–H groups in total. The van der Waals surface area contributed by atoms with E-state index in [1.807, 2.05) is 19.1 Å². The zero-order valence-corrected chi connectivity index (χ0v) is 16.5. The first kappa shape index (κ1) is 21.3. The lowest BCUT2D eigenvalue weighted by Crippen LogP contribution is -2.29. The van der Waals surface area contributed by atoms with Gasteiger partial charge in [0.1, 0.15) is 5.75 Å². The minimum absolute atomic E-state index is 0.0929. The molecule has 0 aliphatic carbocycles. The fourth-order valence-electron chi connectivity index (χ4n) is 2.23. The number of nitrogens with two attached hydrogens (primary N) is 1. The average Bonchev–Trinajstić information content (AvgIpc) is 2.65. The highest BCUT2D eigenvalue weighted by Crippen LogP contribution is 2.26. The lowest BCUT2D eigenvalue weighted by atomic mass is 10.2. The van der Waals surface area contributed by atoms with Crippen LogP contribution >= 0.6 is 11.8 Å². The highest BCUT2D eigenvalue weighted by molar-refractivity contribution is 8.00. The van der Waals surface area contributed by atoms with Gasteiger partial charge in [0, 0.05) is 4.90 Å². The molecule has 0 saturated heterocycles. The van der Waals surface area contributed by atoms with Gasteiger partial charge in [0.2, 0.25) is 5.91 Å². The van der Waals surface area contributed by atoms with Crippen molar-refractivity contribution in [1.82, 2.24) is 0 Å². The number of nitrogens with one attached hydrogen (secondary N) is 1. The number of anilines is 1. The van der Waals surface area contributed by atoms with E-state index in [1.54, 1.807) is 43.3 Å². The van der Waals surface area contributed by atoms with Gasteiger partial charge < -0.3 is 20.5 Å². The topological polar surface area (TPSA) is 108 Å². The molecule has 0 heterocycles. The monoisotopic (exact) mass is 402 g/mol. The fourth-order valence-corrected chi connectivity index (χ4v) is 2.97. The lowest BCUT2D eigenvalue weighted by Gasteiger charge is -2.15. The molecule has 0 aliphatic heterocycles. The summed E-state index contributed by atoms with van der Waals surface area (Å²) in [5, 5.41) is 2.66. The van der Waals surface area contributed by atoms with Crippen molar-refractivity contribution in [2.24, 2.45) is 5.73 Å². The lowest BCUT2D eigenvalue weighted by molar-refractivity contribution is -0.153. The van der Waals surface area contributed by atoms with Gasteiger partial charge in [-0.25, -0.2) is 4.79 Å². The van der Waals surface area contributed by atoms with Crippen LogP contribution in [0.4, 0.5) is 5.69 Å². The number of thioether (sulfide) groups is 1. The Balaban J connectivity index is 1.85. The first-order chi connectivity index (χ1) is 13.3. The maximum atomic E-state index is 12.1. The van der Waals surface area contributed by atoms with Crippen molar-refractivity contribution in [2.75, 3.05) is 17.7 Å². The maximum absolute atomic E-state index is 12.1. The molecule has 7 nitrogen and oxygen atoms in total. The van der Waals surface area contributed by atoms with Crippen molar-refractivity contribution in [3.8, 4) is 5.75 Å². The molecule has 148 valence electrons. The van der Waals surface area contributed by atoms with Crippen molar-refractivity contribution in [3.05, 3.63) is 54.1 Å². The molecule has 0 saturated carbocycles. The van der Waals surface area contributed by atoms with Crippen LogP contribution in [0, 0.1) is 6.92 Å². The number of carbonyl (C=O) groups is 3. The molecular weight excluding hydrogens is 380 g/mol. The van der Waals surface area contributed by atoms with Gasteiger partial charge >= 0.3 is 5.97 Å². The number of aryl methyl sites for hydroxylation is 1. The van der Waals surface area contributed by atoms with E-state index >= 15 is 0 Å². The molecule has 2 rings (SSSR count). The second-order valence-electron chi connectivity index (χ2n) is 5.98. The van der Waals surface area contributed by atoms with Crippen molar-refractivity contribution in [1.29, 1.82) is 0 Å². The Morgan fingerprint density at radius 1 is 1.14 bits per heavy atom. The van der Waals surface area contributed by atoms with Gasteiger partial charge in [-0.1, -0.05) is 24.3 Å². The molecule has 2 aromatic carbocycles. The third-order valence-electron chi connectivity index (χ3n) is 3.51. The van der Waals surface area contributed by atoms with Gasteiger partial charge in [0.05, 0.1) is 11.4 Å².